The number of allylic oxidation sites excluding steroid dienone is 8. The summed E-state index contributed by atoms with van der Waals surface area (Å²) in [6, 6.07) is 0. The van der Waals surface area contributed by atoms with Gasteiger partial charge in [0.25, 0.3) is 0 Å². The fourth-order valence-electron chi connectivity index (χ4n) is 2.31. The molecule has 3 atom stereocenters. The van der Waals surface area contributed by atoms with Crippen LogP contribution in [0.4, 0.5) is 0 Å². The van der Waals surface area contributed by atoms with Crippen molar-refractivity contribution in [2.45, 2.75) is 13.0 Å². The van der Waals surface area contributed by atoms with Crippen LogP contribution in [0, 0.1) is 11.8 Å². The third-order valence-corrected chi connectivity index (χ3v) is 2.87. The third-order valence-electron chi connectivity index (χ3n) is 2.87. The second-order valence-corrected chi connectivity index (χ2v) is 4.08. The lowest BCUT2D eigenvalue weighted by Crippen LogP contribution is -2.07. The largest absolute Gasteiger partial charge is 0.389 e. The summed E-state index contributed by atoms with van der Waals surface area (Å²) in [5.74, 6) is 0.874. The van der Waals surface area contributed by atoms with Gasteiger partial charge >= 0.3 is 0 Å². The van der Waals surface area contributed by atoms with Gasteiger partial charge in [0.2, 0.25) is 0 Å². The zero-order valence-electron chi connectivity index (χ0n) is 8.93. The molecule has 0 saturated heterocycles. The zero-order chi connectivity index (χ0) is 10.8. The molecule has 0 fully saturated rings. The van der Waals surface area contributed by atoms with Crippen LogP contribution in [0.2, 0.25) is 0 Å². The molecule has 0 amide bonds. The molecular weight excluding hydrogens is 184 g/mol. The maximum Gasteiger partial charge on any atom is 0.0698 e. The summed E-state index contributed by atoms with van der Waals surface area (Å²) < 4.78 is 0. The van der Waals surface area contributed by atoms with Crippen molar-refractivity contribution in [1.29, 1.82) is 0 Å². The van der Waals surface area contributed by atoms with Crippen molar-refractivity contribution in [3.05, 3.63) is 60.3 Å². The predicted octanol–water partition coefficient (Wildman–Crippen LogP) is 2.78. The van der Waals surface area contributed by atoms with Gasteiger partial charge in [-0.25, -0.2) is 0 Å². The van der Waals surface area contributed by atoms with Crippen molar-refractivity contribution in [3.8, 4) is 0 Å². The number of hydrogen-bond acceptors (Lipinski definition) is 1. The Kier molecular flexibility index (Phi) is 2.74. The molecule has 0 saturated carbocycles. The van der Waals surface area contributed by atoms with Gasteiger partial charge in [-0.2, -0.15) is 0 Å². The van der Waals surface area contributed by atoms with E-state index in [0.717, 1.165) is 0 Å². The maximum atomic E-state index is 9.38. The van der Waals surface area contributed by atoms with Gasteiger partial charge in [0.05, 0.1) is 6.10 Å². The highest BCUT2D eigenvalue weighted by Crippen LogP contribution is 2.42. The molecule has 0 aromatic carbocycles. The zero-order valence-corrected chi connectivity index (χ0v) is 8.93. The number of rotatable bonds is 2. The molecule has 78 valence electrons. The monoisotopic (exact) mass is 200 g/mol. The van der Waals surface area contributed by atoms with Crippen molar-refractivity contribution >= 4 is 0 Å². The summed E-state index contributed by atoms with van der Waals surface area (Å²) in [5, 5.41) is 9.38. The van der Waals surface area contributed by atoms with Crippen LogP contribution in [0.1, 0.15) is 6.92 Å². The van der Waals surface area contributed by atoms with Crippen molar-refractivity contribution in [3.63, 3.8) is 0 Å². The van der Waals surface area contributed by atoms with Gasteiger partial charge in [-0.15, -0.1) is 0 Å². The molecule has 0 heterocycles. The van der Waals surface area contributed by atoms with Crippen LogP contribution in [0.5, 0.6) is 0 Å². The lowest BCUT2D eigenvalue weighted by Gasteiger charge is -2.14. The molecular formula is C14H16O. The lowest BCUT2D eigenvalue weighted by atomic mass is 9.90. The summed E-state index contributed by atoms with van der Waals surface area (Å²) in [6.07, 6.45) is 14.1. The van der Waals surface area contributed by atoms with Gasteiger partial charge in [-0.1, -0.05) is 49.1 Å². The summed E-state index contributed by atoms with van der Waals surface area (Å²) >= 11 is 0. The van der Waals surface area contributed by atoms with Gasteiger partial charge in [-0.3, -0.25) is 0 Å². The summed E-state index contributed by atoms with van der Waals surface area (Å²) in [7, 11) is 0. The van der Waals surface area contributed by atoms with Crippen LogP contribution >= 0.6 is 0 Å². The molecule has 3 unspecified atom stereocenters. The average Bonchev–Trinajstić information content (AvgIpc) is 2.71. The molecule has 15 heavy (non-hydrogen) atoms. The molecule has 0 radical (unpaired) electrons. The third kappa shape index (κ3) is 1.88. The first-order valence-corrected chi connectivity index (χ1v) is 5.31. The second-order valence-electron chi connectivity index (χ2n) is 4.08. The quantitative estimate of drug-likeness (QED) is 0.726. The highest BCUT2D eigenvalue weighted by atomic mass is 16.3. The molecule has 0 aliphatic heterocycles. The Labute approximate surface area is 90.8 Å². The number of aliphatic hydroxyl groups excluding tert-OH is 1. The Morgan fingerprint density at radius 3 is 2.60 bits per heavy atom. The number of hydrogen-bond donors (Lipinski definition) is 1. The Balaban J connectivity index is 2.30. The van der Waals surface area contributed by atoms with Gasteiger partial charge in [0.1, 0.15) is 0 Å². The van der Waals surface area contributed by atoms with E-state index in [9.17, 15) is 5.11 Å². The van der Waals surface area contributed by atoms with E-state index in [1.54, 1.807) is 6.92 Å². The van der Waals surface area contributed by atoms with Gasteiger partial charge in [0, 0.05) is 11.8 Å². The molecule has 1 heteroatoms. The molecule has 2 aliphatic rings. The van der Waals surface area contributed by atoms with E-state index < -0.39 is 0 Å². The van der Waals surface area contributed by atoms with E-state index in [1.807, 2.05) is 18.2 Å². The molecule has 2 aliphatic carbocycles. The summed E-state index contributed by atoms with van der Waals surface area (Å²) in [4.78, 5) is 0. The van der Waals surface area contributed by atoms with Crippen LogP contribution in [0.25, 0.3) is 0 Å². The van der Waals surface area contributed by atoms with E-state index in [-0.39, 0.29) is 6.10 Å². The normalized spacial score (nSPS) is 35.1. The molecule has 2 rings (SSSR count). The van der Waals surface area contributed by atoms with Crippen LogP contribution in [-0.4, -0.2) is 11.2 Å². The van der Waals surface area contributed by atoms with Gasteiger partial charge in [0.15, 0.2) is 0 Å². The molecule has 0 spiro atoms. The second kappa shape index (κ2) is 4.03. The van der Waals surface area contributed by atoms with Crippen molar-refractivity contribution < 1.29 is 5.11 Å². The van der Waals surface area contributed by atoms with Crippen LogP contribution in [0.3, 0.4) is 0 Å². The Hall–Kier alpha value is -1.34. The smallest absolute Gasteiger partial charge is 0.0698 e. The van der Waals surface area contributed by atoms with Crippen LogP contribution in [-0.2, 0) is 0 Å². The van der Waals surface area contributed by atoms with E-state index in [2.05, 4.69) is 30.9 Å². The van der Waals surface area contributed by atoms with Crippen LogP contribution < -0.4 is 0 Å². The Morgan fingerprint density at radius 2 is 2.00 bits per heavy atom. The molecule has 1 nitrogen and oxygen atoms in total. The highest BCUT2D eigenvalue weighted by Gasteiger charge is 2.31. The molecule has 0 bridgehead atoms. The van der Waals surface area contributed by atoms with Gasteiger partial charge in [-0.05, 0) is 18.1 Å². The SMILES string of the molecule is C=C/C=C1/C=CC2C=C/C(=C/C(C)O)C12. The standard InChI is InChI=1S/C14H16O/c1-3-4-11-5-6-12-7-8-13(14(11)12)9-10(2)15/h3-10,12,14-15H,1H2,2H3/b11-4-,13-9-. The Bertz CT molecular complexity index is 380. The lowest BCUT2D eigenvalue weighted by molar-refractivity contribution is 0.243. The summed E-state index contributed by atoms with van der Waals surface area (Å²) in [6.45, 7) is 5.51. The van der Waals surface area contributed by atoms with Crippen LogP contribution in [0.15, 0.2) is 60.3 Å². The minimum absolute atomic E-state index is 0.381. The topological polar surface area (TPSA) is 20.2 Å². The first-order valence-electron chi connectivity index (χ1n) is 5.31. The van der Waals surface area contributed by atoms with Gasteiger partial charge < -0.3 is 5.11 Å². The molecule has 1 N–H and O–H groups in total. The predicted molar refractivity (Wildman–Crippen MR) is 63.3 cm³/mol. The van der Waals surface area contributed by atoms with E-state index in [1.165, 1.54) is 11.1 Å². The Morgan fingerprint density at radius 1 is 1.33 bits per heavy atom. The maximum absolute atomic E-state index is 9.38. The highest BCUT2D eigenvalue weighted by molar-refractivity contribution is 5.49. The first-order chi connectivity index (χ1) is 7.22. The average molecular weight is 200 g/mol. The minimum Gasteiger partial charge on any atom is -0.389 e. The van der Waals surface area contributed by atoms with Crippen molar-refractivity contribution in [1.82, 2.24) is 0 Å². The number of fused-ring (bicyclic) bond motifs is 1. The first kappa shape index (κ1) is 10.2. The fraction of sp³-hybridized carbons (Fsp3) is 0.286. The minimum atomic E-state index is -0.381. The molecule has 0 aromatic rings. The van der Waals surface area contributed by atoms with Crippen molar-refractivity contribution in [2.75, 3.05) is 0 Å². The van der Waals surface area contributed by atoms with E-state index in [4.69, 9.17) is 0 Å². The molecule has 0 aromatic heterocycles. The summed E-state index contributed by atoms with van der Waals surface area (Å²) in [5.41, 5.74) is 2.50. The fourth-order valence-corrected chi connectivity index (χ4v) is 2.31. The van der Waals surface area contributed by atoms with E-state index >= 15 is 0 Å². The van der Waals surface area contributed by atoms with E-state index in [0.29, 0.717) is 11.8 Å². The van der Waals surface area contributed by atoms with Crippen molar-refractivity contribution in [2.24, 2.45) is 11.8 Å². The number of aliphatic hydroxyl groups is 1.